The van der Waals surface area contributed by atoms with E-state index >= 15 is 0 Å². The predicted octanol–water partition coefficient (Wildman–Crippen LogP) is 24.2. The number of hydrogen-bond acceptors (Lipinski definition) is 5. The third kappa shape index (κ3) is 69.5. The fraction of sp³-hybridized carbons (Fsp3) is 0.595. The van der Waals surface area contributed by atoms with Gasteiger partial charge in [0, 0.05) is 12.8 Å². The summed E-state index contributed by atoms with van der Waals surface area (Å²) in [4.78, 5) is 24.6. The lowest BCUT2D eigenvalue weighted by Crippen LogP contribution is -2.28. The second kappa shape index (κ2) is 72.3. The van der Waals surface area contributed by atoms with Crippen LogP contribution in [0.15, 0.2) is 182 Å². The number of hydrogen-bond donors (Lipinski definition) is 1. The minimum absolute atomic E-state index is 0.0827. The highest BCUT2D eigenvalue weighted by molar-refractivity contribution is 5.70. The van der Waals surface area contributed by atoms with Crippen molar-refractivity contribution in [3.63, 3.8) is 0 Å². The van der Waals surface area contributed by atoms with E-state index in [1.807, 2.05) is 0 Å². The van der Waals surface area contributed by atoms with Crippen molar-refractivity contribution in [3.05, 3.63) is 182 Å². The molecule has 472 valence electrons. The van der Waals surface area contributed by atoms with Crippen LogP contribution < -0.4 is 0 Å². The highest BCUT2D eigenvalue weighted by Gasteiger charge is 2.16. The van der Waals surface area contributed by atoms with Gasteiger partial charge in [0.15, 0.2) is 6.10 Å². The Kier molecular flexibility index (Phi) is 68.0. The fourth-order valence-electron chi connectivity index (χ4n) is 9.14. The number of unbranched alkanes of at least 4 members (excludes halogenated alkanes) is 23. The van der Waals surface area contributed by atoms with Gasteiger partial charge in [-0.15, -0.1) is 0 Å². The third-order valence-corrected chi connectivity index (χ3v) is 14.2. The summed E-state index contributed by atoms with van der Waals surface area (Å²) in [7, 11) is 0. The van der Waals surface area contributed by atoms with Crippen LogP contribution in [-0.2, 0) is 19.1 Å². The summed E-state index contributed by atoms with van der Waals surface area (Å²) in [6.45, 7) is 3.91. The summed E-state index contributed by atoms with van der Waals surface area (Å²) in [5.41, 5.74) is 0. The first-order valence-electron chi connectivity index (χ1n) is 34.3. The molecule has 0 rings (SSSR count). The average Bonchev–Trinajstić information content (AvgIpc) is 3.51. The maximum absolute atomic E-state index is 12.4. The number of aliphatic hydroxyl groups is 1. The van der Waals surface area contributed by atoms with E-state index in [1.54, 1.807) is 0 Å². The Hall–Kier alpha value is -5.00. The molecule has 0 bridgehead atoms. The Morgan fingerprint density at radius 1 is 0.274 bits per heavy atom. The molecule has 1 unspecified atom stereocenters. The molecule has 5 heteroatoms. The molecule has 0 aromatic carbocycles. The lowest BCUT2D eigenvalue weighted by Gasteiger charge is -2.15. The number of aliphatic hydroxyl groups excluding tert-OH is 1. The van der Waals surface area contributed by atoms with Crippen LogP contribution in [-0.4, -0.2) is 36.4 Å². The fourth-order valence-corrected chi connectivity index (χ4v) is 9.14. The standard InChI is InChI=1S/C79H126O5/c1-3-5-7-9-11-13-15-17-19-21-23-25-27-29-31-33-35-36-37-38-39-40-41-42-44-46-48-50-52-54-56-58-60-62-64-66-68-70-72-74-79(82)84-77(75-80)76-83-78(81)73-71-69-67-65-63-61-59-57-55-53-51-49-47-45-43-34-32-30-28-26-24-22-20-18-16-14-12-10-8-6-4-2/h5-8,11-14,17-20,23-26,29,31,35-36,38-39,41-42,46,48,52,54,58,60,77,80H,3-4,9-10,15-16,21-22,27-28,30,32-34,37,40,43-45,47,49-51,53,55-57,59,61-76H2,1-2H3/b7-5-,8-6-,13-11-,14-12-,19-17-,20-18-,25-23-,26-24-,31-29-,36-35-,39-38-,42-41-,48-46-,54-52-,60-58-. The van der Waals surface area contributed by atoms with Crippen LogP contribution in [0.25, 0.3) is 0 Å². The van der Waals surface area contributed by atoms with E-state index in [0.717, 1.165) is 154 Å². The molecule has 0 aliphatic carbocycles. The molecule has 0 radical (unpaired) electrons. The van der Waals surface area contributed by atoms with Crippen molar-refractivity contribution in [1.82, 2.24) is 0 Å². The second-order valence-corrected chi connectivity index (χ2v) is 22.1. The van der Waals surface area contributed by atoms with E-state index in [1.165, 1.54) is 103 Å². The van der Waals surface area contributed by atoms with Crippen LogP contribution in [0, 0.1) is 0 Å². The Balaban J connectivity index is 3.59. The Morgan fingerprint density at radius 3 is 0.714 bits per heavy atom. The van der Waals surface area contributed by atoms with Crippen molar-refractivity contribution < 1.29 is 24.2 Å². The summed E-state index contributed by atoms with van der Waals surface area (Å²) in [6.07, 6.45) is 113. The normalized spacial score (nSPS) is 13.4. The average molecular weight is 1160 g/mol. The summed E-state index contributed by atoms with van der Waals surface area (Å²) in [6, 6.07) is 0. The monoisotopic (exact) mass is 1150 g/mol. The number of carbonyl (C=O) groups excluding carboxylic acids is 2. The number of rotatable bonds is 61. The zero-order chi connectivity index (χ0) is 60.5. The number of ether oxygens (including phenoxy) is 2. The Bertz CT molecular complexity index is 1890. The Labute approximate surface area is 518 Å². The molecule has 0 amide bonds. The Morgan fingerprint density at radius 2 is 0.476 bits per heavy atom. The van der Waals surface area contributed by atoms with Gasteiger partial charge in [-0.05, 0) is 135 Å². The van der Waals surface area contributed by atoms with E-state index in [-0.39, 0.29) is 25.2 Å². The summed E-state index contributed by atoms with van der Waals surface area (Å²) in [5.74, 6) is -0.617. The lowest BCUT2D eigenvalue weighted by molar-refractivity contribution is -0.161. The van der Waals surface area contributed by atoms with Gasteiger partial charge < -0.3 is 14.6 Å². The number of esters is 2. The number of carbonyl (C=O) groups is 2. The van der Waals surface area contributed by atoms with E-state index in [0.29, 0.717) is 12.8 Å². The lowest BCUT2D eigenvalue weighted by atomic mass is 10.0. The van der Waals surface area contributed by atoms with Gasteiger partial charge in [-0.3, -0.25) is 9.59 Å². The summed E-state index contributed by atoms with van der Waals surface area (Å²) in [5, 5.41) is 9.70. The van der Waals surface area contributed by atoms with Gasteiger partial charge >= 0.3 is 11.9 Å². The van der Waals surface area contributed by atoms with Crippen molar-refractivity contribution in [2.24, 2.45) is 0 Å². The van der Waals surface area contributed by atoms with Gasteiger partial charge in [-0.25, -0.2) is 0 Å². The first-order valence-corrected chi connectivity index (χ1v) is 34.3. The maximum atomic E-state index is 12.4. The molecule has 84 heavy (non-hydrogen) atoms. The molecular weight excluding hydrogens is 1030 g/mol. The molecule has 1 N–H and O–H groups in total. The van der Waals surface area contributed by atoms with Crippen molar-refractivity contribution in [2.75, 3.05) is 13.2 Å². The van der Waals surface area contributed by atoms with Gasteiger partial charge in [0.05, 0.1) is 6.61 Å². The zero-order valence-electron chi connectivity index (χ0n) is 54.1. The summed E-state index contributed by atoms with van der Waals surface area (Å²) < 4.78 is 10.7. The maximum Gasteiger partial charge on any atom is 0.306 e. The molecule has 0 spiro atoms. The van der Waals surface area contributed by atoms with Gasteiger partial charge in [0.2, 0.25) is 0 Å². The molecule has 0 aliphatic heterocycles. The molecular formula is C79H126O5. The number of allylic oxidation sites excluding steroid dienone is 30. The smallest absolute Gasteiger partial charge is 0.306 e. The molecule has 0 saturated carbocycles. The van der Waals surface area contributed by atoms with E-state index in [4.69, 9.17) is 9.47 Å². The van der Waals surface area contributed by atoms with Crippen LogP contribution in [0.2, 0.25) is 0 Å². The molecule has 1 atom stereocenters. The van der Waals surface area contributed by atoms with E-state index in [2.05, 4.69) is 196 Å². The van der Waals surface area contributed by atoms with Crippen LogP contribution in [0.4, 0.5) is 0 Å². The molecule has 5 nitrogen and oxygen atoms in total. The zero-order valence-corrected chi connectivity index (χ0v) is 54.1. The topological polar surface area (TPSA) is 72.8 Å². The highest BCUT2D eigenvalue weighted by Crippen LogP contribution is 2.16. The van der Waals surface area contributed by atoms with E-state index < -0.39 is 6.10 Å². The highest BCUT2D eigenvalue weighted by atomic mass is 16.6. The van der Waals surface area contributed by atoms with Crippen LogP contribution in [0.3, 0.4) is 0 Å². The minimum atomic E-state index is -0.796. The molecule has 0 heterocycles. The molecule has 0 aliphatic rings. The van der Waals surface area contributed by atoms with Crippen LogP contribution >= 0.6 is 0 Å². The van der Waals surface area contributed by atoms with Crippen molar-refractivity contribution in [3.8, 4) is 0 Å². The quantitative estimate of drug-likeness (QED) is 0.0373. The van der Waals surface area contributed by atoms with Crippen LogP contribution in [0.5, 0.6) is 0 Å². The van der Waals surface area contributed by atoms with Gasteiger partial charge in [0.25, 0.3) is 0 Å². The van der Waals surface area contributed by atoms with Gasteiger partial charge in [-0.1, -0.05) is 318 Å². The first kappa shape index (κ1) is 79.0. The summed E-state index contributed by atoms with van der Waals surface area (Å²) >= 11 is 0. The van der Waals surface area contributed by atoms with Crippen molar-refractivity contribution in [2.45, 2.75) is 290 Å². The second-order valence-electron chi connectivity index (χ2n) is 22.1. The van der Waals surface area contributed by atoms with Crippen molar-refractivity contribution >= 4 is 11.9 Å². The third-order valence-electron chi connectivity index (χ3n) is 14.2. The molecule has 0 fully saturated rings. The van der Waals surface area contributed by atoms with Crippen molar-refractivity contribution in [1.29, 1.82) is 0 Å². The molecule has 0 aromatic rings. The van der Waals surface area contributed by atoms with E-state index in [9.17, 15) is 14.7 Å². The minimum Gasteiger partial charge on any atom is -0.462 e. The molecule has 0 saturated heterocycles. The van der Waals surface area contributed by atoms with Crippen LogP contribution in [0.1, 0.15) is 284 Å². The van der Waals surface area contributed by atoms with Gasteiger partial charge in [0.1, 0.15) is 6.61 Å². The first-order chi connectivity index (χ1) is 41.6. The van der Waals surface area contributed by atoms with Gasteiger partial charge in [-0.2, -0.15) is 0 Å². The molecule has 0 aromatic heterocycles. The largest absolute Gasteiger partial charge is 0.462 e. The SMILES string of the molecule is CC/C=C\C/C=C\C/C=C\C/C=C\C/C=C\C/C=C\C/C=C\C/C=C\C/C=C\C/C=C\C/C=C\CCCCCCCC(=O)OC(CO)COC(=O)CCCCCCCCCCCCCCCCCCCC/C=C\C/C=C\C/C=C\C/C=C\CC. The predicted molar refractivity (Wildman–Crippen MR) is 370 cm³/mol.